The monoisotopic (exact) mass is 499 g/mol. The normalized spacial score (nSPS) is 15.9. The van der Waals surface area contributed by atoms with Crippen LogP contribution in [0.2, 0.25) is 0 Å². The van der Waals surface area contributed by atoms with E-state index in [2.05, 4.69) is 18.3 Å². The summed E-state index contributed by atoms with van der Waals surface area (Å²) in [5, 5.41) is 4.52. The first-order valence-corrected chi connectivity index (χ1v) is 13.6. The molecule has 1 fully saturated rings. The van der Waals surface area contributed by atoms with Crippen LogP contribution < -0.4 is 5.32 Å². The number of nitrogens with zero attached hydrogens (tertiary/aromatic N) is 2. The van der Waals surface area contributed by atoms with Crippen molar-refractivity contribution in [2.45, 2.75) is 42.4 Å². The van der Waals surface area contributed by atoms with Crippen molar-refractivity contribution in [3.63, 3.8) is 0 Å². The Kier molecular flexibility index (Phi) is 7.57. The standard InChI is InChI=1S/C25H29N3O4S2/c1-4-22(33-23-16-18(3)21-7-5-6-17(2)24(21)27-23)25(29)26-19-8-10-20(11-9-19)34(30,31)28-12-14-32-15-13-28/h5-11,16,22H,4,12-15H2,1-3H3,(H,26,29). The number of pyridine rings is 1. The lowest BCUT2D eigenvalue weighted by atomic mass is 10.1. The van der Waals surface area contributed by atoms with Gasteiger partial charge in [-0.15, -0.1) is 0 Å². The Labute approximate surface area is 205 Å². The summed E-state index contributed by atoms with van der Waals surface area (Å²) in [6, 6.07) is 14.5. The highest BCUT2D eigenvalue weighted by Gasteiger charge is 2.26. The lowest BCUT2D eigenvalue weighted by Crippen LogP contribution is -2.40. The van der Waals surface area contributed by atoms with Crippen LogP contribution in [0.3, 0.4) is 0 Å². The van der Waals surface area contributed by atoms with Gasteiger partial charge in [0, 0.05) is 24.2 Å². The summed E-state index contributed by atoms with van der Waals surface area (Å²) < 4.78 is 32.3. The molecule has 1 atom stereocenters. The number of anilines is 1. The molecular formula is C25H29N3O4S2. The predicted octanol–water partition coefficient (Wildman–Crippen LogP) is 4.38. The number of hydrogen-bond acceptors (Lipinski definition) is 6. The maximum atomic E-state index is 13.0. The van der Waals surface area contributed by atoms with Crippen LogP contribution in [0.4, 0.5) is 5.69 Å². The fourth-order valence-corrected chi connectivity index (χ4v) is 6.35. The third kappa shape index (κ3) is 5.27. The van der Waals surface area contributed by atoms with Gasteiger partial charge in [-0.3, -0.25) is 4.79 Å². The van der Waals surface area contributed by atoms with E-state index in [0.717, 1.165) is 27.1 Å². The molecule has 1 aliphatic rings. The van der Waals surface area contributed by atoms with E-state index in [4.69, 9.17) is 9.72 Å². The van der Waals surface area contributed by atoms with Crippen molar-refractivity contribution in [1.82, 2.24) is 9.29 Å². The molecule has 1 amide bonds. The van der Waals surface area contributed by atoms with Crippen molar-refractivity contribution in [3.8, 4) is 0 Å². The Hall–Kier alpha value is -2.46. The predicted molar refractivity (Wildman–Crippen MR) is 136 cm³/mol. The molecule has 3 aromatic rings. The van der Waals surface area contributed by atoms with E-state index in [1.165, 1.54) is 28.2 Å². The second-order valence-corrected chi connectivity index (χ2v) is 11.5. The number of benzene rings is 2. The molecule has 180 valence electrons. The fourth-order valence-electron chi connectivity index (χ4n) is 3.93. The molecule has 1 aliphatic heterocycles. The minimum Gasteiger partial charge on any atom is -0.379 e. The first-order valence-electron chi connectivity index (χ1n) is 11.3. The second-order valence-electron chi connectivity index (χ2n) is 8.29. The SMILES string of the molecule is CCC(Sc1cc(C)c2cccc(C)c2n1)C(=O)Nc1ccc(S(=O)(=O)N2CCOCC2)cc1. The average molecular weight is 500 g/mol. The van der Waals surface area contributed by atoms with Crippen molar-refractivity contribution in [2.24, 2.45) is 0 Å². The number of nitrogens with one attached hydrogen (secondary N) is 1. The number of hydrogen-bond donors (Lipinski definition) is 1. The number of thioether (sulfide) groups is 1. The Morgan fingerprint density at radius 2 is 1.82 bits per heavy atom. The molecule has 1 N–H and O–H groups in total. The minimum atomic E-state index is -3.57. The Morgan fingerprint density at radius 1 is 1.12 bits per heavy atom. The Balaban J connectivity index is 1.46. The van der Waals surface area contributed by atoms with Gasteiger partial charge >= 0.3 is 0 Å². The molecule has 0 spiro atoms. The van der Waals surface area contributed by atoms with Gasteiger partial charge in [0.1, 0.15) is 0 Å². The van der Waals surface area contributed by atoms with Crippen LogP contribution in [-0.2, 0) is 19.6 Å². The van der Waals surface area contributed by atoms with Crippen LogP contribution >= 0.6 is 11.8 Å². The summed E-state index contributed by atoms with van der Waals surface area (Å²) >= 11 is 1.44. The summed E-state index contributed by atoms with van der Waals surface area (Å²) in [6.45, 7) is 7.55. The first kappa shape index (κ1) is 24.7. The Morgan fingerprint density at radius 3 is 2.50 bits per heavy atom. The van der Waals surface area contributed by atoms with Crippen molar-refractivity contribution in [1.29, 1.82) is 0 Å². The largest absolute Gasteiger partial charge is 0.379 e. The molecule has 2 heterocycles. The zero-order valence-corrected chi connectivity index (χ0v) is 21.2. The van der Waals surface area contributed by atoms with Gasteiger partial charge in [0.05, 0.1) is 33.9 Å². The first-order chi connectivity index (χ1) is 16.3. The number of para-hydroxylation sites is 1. The van der Waals surface area contributed by atoms with E-state index >= 15 is 0 Å². The van der Waals surface area contributed by atoms with Crippen molar-refractivity contribution in [2.75, 3.05) is 31.6 Å². The van der Waals surface area contributed by atoms with Gasteiger partial charge in [0.2, 0.25) is 15.9 Å². The van der Waals surface area contributed by atoms with Crippen molar-refractivity contribution < 1.29 is 17.9 Å². The number of rotatable bonds is 7. The number of sulfonamides is 1. The molecular weight excluding hydrogens is 470 g/mol. The smallest absolute Gasteiger partial charge is 0.243 e. The van der Waals surface area contributed by atoms with E-state index in [9.17, 15) is 13.2 Å². The number of aromatic nitrogens is 1. The van der Waals surface area contributed by atoms with Crippen molar-refractivity contribution in [3.05, 3.63) is 59.7 Å². The van der Waals surface area contributed by atoms with Crippen LogP contribution in [0, 0.1) is 13.8 Å². The molecule has 4 rings (SSSR count). The highest BCUT2D eigenvalue weighted by molar-refractivity contribution is 8.00. The summed E-state index contributed by atoms with van der Waals surface area (Å²) in [5.41, 5.74) is 3.75. The number of carbonyl (C=O) groups is 1. The zero-order chi connectivity index (χ0) is 24.3. The van der Waals surface area contributed by atoms with Gasteiger partial charge in [0.25, 0.3) is 0 Å². The molecule has 2 aromatic carbocycles. The van der Waals surface area contributed by atoms with Crippen LogP contribution in [0.1, 0.15) is 24.5 Å². The number of amides is 1. The quantitative estimate of drug-likeness (QED) is 0.485. The van der Waals surface area contributed by atoms with E-state index < -0.39 is 10.0 Å². The molecule has 7 nitrogen and oxygen atoms in total. The van der Waals surface area contributed by atoms with Gasteiger partial charge < -0.3 is 10.1 Å². The van der Waals surface area contributed by atoms with Gasteiger partial charge in [-0.2, -0.15) is 4.31 Å². The van der Waals surface area contributed by atoms with Crippen LogP contribution in [0.15, 0.2) is 58.5 Å². The third-order valence-corrected chi connectivity index (χ3v) is 9.08. The molecule has 0 aliphatic carbocycles. The number of fused-ring (bicyclic) bond motifs is 1. The van der Waals surface area contributed by atoms with Gasteiger partial charge in [0.15, 0.2) is 0 Å². The van der Waals surface area contributed by atoms with E-state index in [0.29, 0.717) is 38.4 Å². The molecule has 9 heteroatoms. The summed E-state index contributed by atoms with van der Waals surface area (Å²) in [5.74, 6) is -0.138. The molecule has 0 bridgehead atoms. The maximum Gasteiger partial charge on any atom is 0.243 e. The van der Waals surface area contributed by atoms with Crippen LogP contribution in [0.5, 0.6) is 0 Å². The average Bonchev–Trinajstić information content (AvgIpc) is 2.84. The zero-order valence-electron chi connectivity index (χ0n) is 19.6. The molecule has 0 saturated carbocycles. The second kappa shape index (κ2) is 10.4. The van der Waals surface area contributed by atoms with Crippen LogP contribution in [-0.4, -0.2) is 55.2 Å². The third-order valence-electron chi connectivity index (χ3n) is 5.88. The number of aryl methyl sites for hydroxylation is 2. The topological polar surface area (TPSA) is 88.6 Å². The van der Waals surface area contributed by atoms with Gasteiger partial charge in [-0.25, -0.2) is 13.4 Å². The summed E-state index contributed by atoms with van der Waals surface area (Å²) in [6.07, 6.45) is 0.631. The highest BCUT2D eigenvalue weighted by atomic mass is 32.2. The minimum absolute atomic E-state index is 0.138. The number of ether oxygens (including phenoxy) is 1. The Bertz CT molecular complexity index is 1290. The maximum absolute atomic E-state index is 13.0. The van der Waals surface area contributed by atoms with Crippen molar-refractivity contribution >= 4 is 44.3 Å². The lowest BCUT2D eigenvalue weighted by molar-refractivity contribution is -0.115. The fraction of sp³-hybridized carbons (Fsp3) is 0.360. The van der Waals surface area contributed by atoms with E-state index in [1.54, 1.807) is 12.1 Å². The molecule has 0 radical (unpaired) electrons. The number of carbonyl (C=O) groups excluding carboxylic acids is 1. The summed E-state index contributed by atoms with van der Waals surface area (Å²) in [4.78, 5) is 18.0. The lowest BCUT2D eigenvalue weighted by Gasteiger charge is -2.26. The van der Waals surface area contributed by atoms with E-state index in [-0.39, 0.29) is 16.1 Å². The molecule has 34 heavy (non-hydrogen) atoms. The van der Waals surface area contributed by atoms with Crippen LogP contribution in [0.25, 0.3) is 10.9 Å². The number of morpholine rings is 1. The van der Waals surface area contributed by atoms with E-state index in [1.807, 2.05) is 32.0 Å². The molecule has 1 saturated heterocycles. The summed E-state index contributed by atoms with van der Waals surface area (Å²) in [7, 11) is -3.57. The highest BCUT2D eigenvalue weighted by Crippen LogP contribution is 2.30. The molecule has 1 unspecified atom stereocenters. The molecule has 1 aromatic heterocycles. The van der Waals surface area contributed by atoms with Gasteiger partial charge in [-0.05, 0) is 61.7 Å². The van der Waals surface area contributed by atoms with Gasteiger partial charge in [-0.1, -0.05) is 36.9 Å².